The minimum absolute atomic E-state index is 0.0225. The second-order valence-corrected chi connectivity index (χ2v) is 6.02. The summed E-state index contributed by atoms with van der Waals surface area (Å²) in [6.07, 6.45) is 1.77. The highest BCUT2D eigenvalue weighted by Crippen LogP contribution is 2.15. The van der Waals surface area contributed by atoms with Crippen molar-refractivity contribution in [1.82, 2.24) is 15.1 Å². The Bertz CT molecular complexity index is 365. The standard InChI is InChI=1S/C10H16BrN3O/c1-7-8(6-13-14(7)4)5-12-9(15)10(2,3)11/h6H,5H2,1-4H3,(H,12,15). The van der Waals surface area contributed by atoms with Gasteiger partial charge in [0.05, 0.1) is 10.5 Å². The largest absolute Gasteiger partial charge is 0.351 e. The van der Waals surface area contributed by atoms with E-state index in [-0.39, 0.29) is 5.91 Å². The van der Waals surface area contributed by atoms with Gasteiger partial charge in [-0.05, 0) is 20.8 Å². The third-order valence-corrected chi connectivity index (χ3v) is 2.68. The van der Waals surface area contributed by atoms with Crippen LogP contribution in [-0.2, 0) is 18.4 Å². The molecule has 4 nitrogen and oxygen atoms in total. The first-order valence-electron chi connectivity index (χ1n) is 4.77. The van der Waals surface area contributed by atoms with Crippen LogP contribution >= 0.6 is 15.9 Å². The van der Waals surface area contributed by atoms with E-state index in [1.807, 2.05) is 27.8 Å². The number of nitrogens with one attached hydrogen (secondary N) is 1. The van der Waals surface area contributed by atoms with E-state index >= 15 is 0 Å². The van der Waals surface area contributed by atoms with Gasteiger partial charge in [0.15, 0.2) is 0 Å². The van der Waals surface area contributed by atoms with Crippen molar-refractivity contribution in [2.75, 3.05) is 0 Å². The zero-order chi connectivity index (χ0) is 11.6. The fourth-order valence-electron chi connectivity index (χ4n) is 1.10. The Morgan fingerprint density at radius 2 is 2.27 bits per heavy atom. The number of carbonyl (C=O) groups is 1. The molecule has 1 N–H and O–H groups in total. The number of aromatic nitrogens is 2. The maximum atomic E-state index is 11.6. The van der Waals surface area contributed by atoms with E-state index in [0.717, 1.165) is 11.3 Å². The Morgan fingerprint density at radius 3 is 2.67 bits per heavy atom. The van der Waals surface area contributed by atoms with E-state index in [1.165, 1.54) is 0 Å². The van der Waals surface area contributed by atoms with Crippen LogP contribution < -0.4 is 5.32 Å². The van der Waals surface area contributed by atoms with Crippen LogP contribution in [0.2, 0.25) is 0 Å². The molecule has 15 heavy (non-hydrogen) atoms. The lowest BCUT2D eigenvalue weighted by Crippen LogP contribution is -2.37. The van der Waals surface area contributed by atoms with Crippen LogP contribution in [0.4, 0.5) is 0 Å². The van der Waals surface area contributed by atoms with Gasteiger partial charge in [-0.2, -0.15) is 5.10 Å². The summed E-state index contributed by atoms with van der Waals surface area (Å²) >= 11 is 3.31. The highest BCUT2D eigenvalue weighted by molar-refractivity contribution is 9.10. The number of carbonyl (C=O) groups excluding carboxylic acids is 1. The average Bonchev–Trinajstić information content (AvgIpc) is 2.43. The molecular formula is C10H16BrN3O. The maximum absolute atomic E-state index is 11.6. The minimum Gasteiger partial charge on any atom is -0.351 e. The number of hydrogen-bond donors (Lipinski definition) is 1. The number of aryl methyl sites for hydroxylation is 1. The van der Waals surface area contributed by atoms with E-state index in [0.29, 0.717) is 6.54 Å². The second kappa shape index (κ2) is 4.35. The van der Waals surface area contributed by atoms with E-state index in [9.17, 15) is 4.79 Å². The van der Waals surface area contributed by atoms with Crippen LogP contribution in [0.15, 0.2) is 6.20 Å². The van der Waals surface area contributed by atoms with Gasteiger partial charge < -0.3 is 5.32 Å². The molecule has 1 aromatic rings. The van der Waals surface area contributed by atoms with Crippen molar-refractivity contribution in [3.05, 3.63) is 17.5 Å². The Balaban J connectivity index is 2.59. The van der Waals surface area contributed by atoms with Gasteiger partial charge in [0.2, 0.25) is 5.91 Å². The first-order valence-corrected chi connectivity index (χ1v) is 5.56. The highest BCUT2D eigenvalue weighted by atomic mass is 79.9. The van der Waals surface area contributed by atoms with E-state index in [4.69, 9.17) is 0 Å². The number of nitrogens with zero attached hydrogens (tertiary/aromatic N) is 2. The molecule has 0 aliphatic rings. The normalized spacial score (nSPS) is 11.5. The van der Waals surface area contributed by atoms with Gasteiger partial charge in [-0.1, -0.05) is 15.9 Å². The zero-order valence-corrected chi connectivity index (χ0v) is 11.1. The van der Waals surface area contributed by atoms with Gasteiger partial charge >= 0.3 is 0 Å². The summed E-state index contributed by atoms with van der Waals surface area (Å²) in [6, 6.07) is 0. The summed E-state index contributed by atoms with van der Waals surface area (Å²) in [5.74, 6) is -0.0225. The fraction of sp³-hybridized carbons (Fsp3) is 0.600. The summed E-state index contributed by atoms with van der Waals surface area (Å²) in [4.78, 5) is 11.6. The molecule has 0 atom stereocenters. The Kier molecular flexibility index (Phi) is 3.54. The van der Waals surface area contributed by atoms with Crippen molar-refractivity contribution < 1.29 is 4.79 Å². The third kappa shape index (κ3) is 3.06. The monoisotopic (exact) mass is 273 g/mol. The highest BCUT2D eigenvalue weighted by Gasteiger charge is 2.23. The molecule has 0 saturated carbocycles. The first kappa shape index (κ1) is 12.2. The quantitative estimate of drug-likeness (QED) is 0.849. The molecule has 84 valence electrons. The summed E-state index contributed by atoms with van der Waals surface area (Å²) in [5.41, 5.74) is 2.12. The van der Waals surface area contributed by atoms with Crippen LogP contribution in [0.25, 0.3) is 0 Å². The van der Waals surface area contributed by atoms with E-state index in [2.05, 4.69) is 26.3 Å². The molecule has 0 unspecified atom stereocenters. The van der Waals surface area contributed by atoms with Gasteiger partial charge in [0.25, 0.3) is 0 Å². The fourth-order valence-corrected chi connectivity index (χ4v) is 1.24. The Labute approximate surface area is 98.2 Å². The Morgan fingerprint density at radius 1 is 1.67 bits per heavy atom. The molecule has 0 aliphatic heterocycles. The molecule has 0 saturated heterocycles. The molecule has 0 aromatic carbocycles. The number of halogens is 1. The van der Waals surface area contributed by atoms with Gasteiger partial charge in [-0.15, -0.1) is 0 Å². The summed E-state index contributed by atoms with van der Waals surface area (Å²) < 4.78 is 1.27. The molecule has 5 heteroatoms. The van der Waals surface area contributed by atoms with Gasteiger partial charge in [0.1, 0.15) is 0 Å². The van der Waals surface area contributed by atoms with Crippen molar-refractivity contribution in [3.63, 3.8) is 0 Å². The molecule has 1 amide bonds. The van der Waals surface area contributed by atoms with Crippen LogP contribution in [0, 0.1) is 6.92 Å². The number of alkyl halides is 1. The molecular weight excluding hydrogens is 258 g/mol. The minimum atomic E-state index is -0.525. The lowest BCUT2D eigenvalue weighted by Gasteiger charge is -2.15. The van der Waals surface area contributed by atoms with Crippen molar-refractivity contribution in [2.24, 2.45) is 7.05 Å². The lowest BCUT2D eigenvalue weighted by molar-refractivity contribution is -0.122. The second-order valence-electron chi connectivity index (χ2n) is 4.03. The molecule has 0 spiro atoms. The predicted octanol–water partition coefficient (Wildman–Crippen LogP) is 1.52. The third-order valence-electron chi connectivity index (χ3n) is 2.32. The zero-order valence-electron chi connectivity index (χ0n) is 9.47. The summed E-state index contributed by atoms with van der Waals surface area (Å²) in [6.45, 7) is 6.14. The van der Waals surface area contributed by atoms with Crippen LogP contribution in [0.5, 0.6) is 0 Å². The maximum Gasteiger partial charge on any atom is 0.236 e. The molecule has 1 heterocycles. The van der Waals surface area contributed by atoms with Crippen molar-refractivity contribution in [2.45, 2.75) is 31.6 Å². The number of hydrogen-bond acceptors (Lipinski definition) is 2. The topological polar surface area (TPSA) is 46.9 Å². The predicted molar refractivity (Wildman–Crippen MR) is 62.8 cm³/mol. The number of rotatable bonds is 3. The summed E-state index contributed by atoms with van der Waals surface area (Å²) in [5, 5.41) is 6.96. The van der Waals surface area contributed by atoms with Crippen LogP contribution in [0.3, 0.4) is 0 Å². The molecule has 0 aliphatic carbocycles. The van der Waals surface area contributed by atoms with Crippen molar-refractivity contribution >= 4 is 21.8 Å². The van der Waals surface area contributed by atoms with Crippen molar-refractivity contribution in [1.29, 1.82) is 0 Å². The molecule has 1 rings (SSSR count). The molecule has 1 aromatic heterocycles. The van der Waals surface area contributed by atoms with Gasteiger partial charge in [0, 0.05) is 24.8 Å². The van der Waals surface area contributed by atoms with E-state index in [1.54, 1.807) is 10.9 Å². The van der Waals surface area contributed by atoms with Gasteiger partial charge in [-0.3, -0.25) is 9.48 Å². The van der Waals surface area contributed by atoms with Gasteiger partial charge in [-0.25, -0.2) is 0 Å². The van der Waals surface area contributed by atoms with Crippen molar-refractivity contribution in [3.8, 4) is 0 Å². The Hall–Kier alpha value is -0.840. The molecule has 0 bridgehead atoms. The van der Waals surface area contributed by atoms with Crippen LogP contribution in [0.1, 0.15) is 25.1 Å². The SMILES string of the molecule is Cc1c(CNC(=O)C(C)(C)Br)cnn1C. The van der Waals surface area contributed by atoms with E-state index < -0.39 is 4.32 Å². The lowest BCUT2D eigenvalue weighted by atomic mass is 10.2. The molecule has 0 radical (unpaired) electrons. The molecule has 0 fully saturated rings. The first-order chi connectivity index (χ1) is 6.82. The smallest absolute Gasteiger partial charge is 0.236 e. The number of amides is 1. The summed E-state index contributed by atoms with van der Waals surface area (Å²) in [7, 11) is 1.88. The average molecular weight is 274 g/mol. The van der Waals surface area contributed by atoms with Crippen LogP contribution in [-0.4, -0.2) is 20.0 Å².